The van der Waals surface area contributed by atoms with E-state index >= 15 is 0 Å². The van der Waals surface area contributed by atoms with Crippen molar-refractivity contribution in [3.8, 4) is 0 Å². The van der Waals surface area contributed by atoms with Gasteiger partial charge < -0.3 is 10.0 Å². The van der Waals surface area contributed by atoms with Gasteiger partial charge in [-0.3, -0.25) is 0 Å². The summed E-state index contributed by atoms with van der Waals surface area (Å²) < 4.78 is 0. The van der Waals surface area contributed by atoms with Crippen molar-refractivity contribution in [3.63, 3.8) is 0 Å². The lowest BCUT2D eigenvalue weighted by atomic mass is 10.1. The van der Waals surface area contributed by atoms with Crippen LogP contribution in [0.5, 0.6) is 0 Å². The number of rotatable bonds is 2. The largest absolute Gasteiger partial charge is 0.391 e. The van der Waals surface area contributed by atoms with Gasteiger partial charge in [0.25, 0.3) is 0 Å². The fraction of sp³-hybridized carbons (Fsp3) is 0.700. The molecule has 1 saturated heterocycles. The summed E-state index contributed by atoms with van der Waals surface area (Å²) in [6.07, 6.45) is 1.20. The number of aliphatic hydroxyl groups excluding tert-OH is 1. The molecule has 14 heavy (non-hydrogen) atoms. The van der Waals surface area contributed by atoms with Crippen LogP contribution in [0.1, 0.15) is 27.9 Å². The number of hydrogen-bond donors (Lipinski definition) is 1. The summed E-state index contributed by atoms with van der Waals surface area (Å²) in [5, 5.41) is 10.3. The molecule has 0 saturated carbocycles. The molecule has 0 aromatic carbocycles. The van der Waals surface area contributed by atoms with E-state index in [2.05, 4.69) is 16.9 Å². The second-order valence-electron chi connectivity index (χ2n) is 3.97. The summed E-state index contributed by atoms with van der Waals surface area (Å²) in [6.45, 7) is 4.38. The van der Waals surface area contributed by atoms with Gasteiger partial charge in [0.15, 0.2) is 0 Å². The molecular weight excluding hydrogens is 196 g/mol. The lowest BCUT2D eigenvalue weighted by Gasteiger charge is -2.06. The van der Waals surface area contributed by atoms with Crippen LogP contribution in [0.3, 0.4) is 0 Å². The van der Waals surface area contributed by atoms with Crippen LogP contribution < -0.4 is 0 Å². The van der Waals surface area contributed by atoms with E-state index in [4.69, 9.17) is 5.11 Å². The number of thiazole rings is 1. The molecule has 0 radical (unpaired) electrons. The molecule has 78 valence electrons. The van der Waals surface area contributed by atoms with Gasteiger partial charge in [0, 0.05) is 12.5 Å². The number of aryl methyl sites for hydroxylation is 1. The Morgan fingerprint density at radius 3 is 2.93 bits per heavy atom. The summed E-state index contributed by atoms with van der Waals surface area (Å²) in [7, 11) is 2.15. The zero-order chi connectivity index (χ0) is 10.1. The van der Waals surface area contributed by atoms with Crippen molar-refractivity contribution in [1.29, 1.82) is 0 Å². The van der Waals surface area contributed by atoms with Gasteiger partial charge in [-0.2, -0.15) is 0 Å². The summed E-state index contributed by atoms with van der Waals surface area (Å²) >= 11 is 1.67. The number of aliphatic hydroxyl groups is 1. The van der Waals surface area contributed by atoms with Crippen molar-refractivity contribution in [2.45, 2.75) is 25.9 Å². The molecule has 2 rings (SSSR count). The summed E-state index contributed by atoms with van der Waals surface area (Å²) in [6, 6.07) is 0. The minimum Gasteiger partial charge on any atom is -0.391 e. The summed E-state index contributed by atoms with van der Waals surface area (Å²) in [4.78, 5) is 7.89. The third-order valence-corrected chi connectivity index (χ3v) is 4.10. The highest BCUT2D eigenvalue weighted by Crippen LogP contribution is 2.31. The van der Waals surface area contributed by atoms with E-state index in [-0.39, 0.29) is 6.61 Å². The van der Waals surface area contributed by atoms with Crippen LogP contribution in [0, 0.1) is 6.92 Å². The molecular formula is C10H16N2OS. The van der Waals surface area contributed by atoms with E-state index < -0.39 is 0 Å². The second kappa shape index (κ2) is 3.96. The second-order valence-corrected chi connectivity index (χ2v) is 5.08. The van der Waals surface area contributed by atoms with Crippen molar-refractivity contribution in [2.75, 3.05) is 20.1 Å². The van der Waals surface area contributed by atoms with Crippen molar-refractivity contribution in [1.82, 2.24) is 9.88 Å². The molecule has 1 N–H and O–H groups in total. The number of likely N-dealkylation sites (N-methyl/N-ethyl adjacent to an activating group) is 1. The predicted octanol–water partition coefficient (Wildman–Crippen LogP) is 1.36. The molecule has 0 bridgehead atoms. The van der Waals surface area contributed by atoms with Crippen molar-refractivity contribution < 1.29 is 5.11 Å². The fourth-order valence-corrected chi connectivity index (χ4v) is 2.96. The first-order valence-corrected chi connectivity index (χ1v) is 5.78. The molecule has 1 atom stereocenters. The van der Waals surface area contributed by atoms with Crippen LogP contribution in [-0.2, 0) is 6.61 Å². The van der Waals surface area contributed by atoms with Gasteiger partial charge in [0.2, 0.25) is 0 Å². The normalized spacial score (nSPS) is 23.2. The Kier molecular flexibility index (Phi) is 2.85. The van der Waals surface area contributed by atoms with Crippen molar-refractivity contribution in [3.05, 3.63) is 15.6 Å². The molecule has 1 aromatic heterocycles. The van der Waals surface area contributed by atoms with E-state index in [1.165, 1.54) is 11.4 Å². The van der Waals surface area contributed by atoms with Gasteiger partial charge >= 0.3 is 0 Å². The van der Waals surface area contributed by atoms with Crippen molar-refractivity contribution >= 4 is 11.3 Å². The van der Waals surface area contributed by atoms with Crippen LogP contribution in [0.2, 0.25) is 0 Å². The minimum atomic E-state index is 0.131. The first-order chi connectivity index (χ1) is 6.70. The Bertz CT molecular complexity index is 324. The molecule has 0 aliphatic carbocycles. The Balaban J connectivity index is 2.16. The number of aromatic nitrogens is 1. The highest BCUT2D eigenvalue weighted by Gasteiger charge is 2.24. The Morgan fingerprint density at radius 2 is 2.43 bits per heavy atom. The maximum Gasteiger partial charge on any atom is 0.0976 e. The average molecular weight is 212 g/mol. The minimum absolute atomic E-state index is 0.131. The van der Waals surface area contributed by atoms with Gasteiger partial charge in [-0.15, -0.1) is 11.3 Å². The quantitative estimate of drug-likeness (QED) is 0.804. The van der Waals surface area contributed by atoms with Crippen LogP contribution in [0.15, 0.2) is 0 Å². The van der Waals surface area contributed by atoms with Crippen LogP contribution >= 0.6 is 11.3 Å². The first kappa shape index (κ1) is 10.1. The highest BCUT2D eigenvalue weighted by molar-refractivity contribution is 7.11. The van der Waals surface area contributed by atoms with E-state index in [1.807, 2.05) is 6.92 Å². The van der Waals surface area contributed by atoms with Gasteiger partial charge in [-0.25, -0.2) is 4.98 Å². The van der Waals surface area contributed by atoms with Crippen molar-refractivity contribution in [2.24, 2.45) is 0 Å². The monoisotopic (exact) mass is 212 g/mol. The molecule has 4 heteroatoms. The molecule has 1 fully saturated rings. The third kappa shape index (κ3) is 1.82. The molecule has 1 aliphatic heterocycles. The molecule has 1 unspecified atom stereocenters. The molecule has 1 aliphatic rings. The van der Waals surface area contributed by atoms with Crippen LogP contribution in [-0.4, -0.2) is 35.1 Å². The average Bonchev–Trinajstić information content (AvgIpc) is 2.71. The van der Waals surface area contributed by atoms with E-state index in [0.717, 1.165) is 23.7 Å². The highest BCUT2D eigenvalue weighted by atomic mass is 32.1. The number of hydrogen-bond acceptors (Lipinski definition) is 4. The number of likely N-dealkylation sites (tertiary alicyclic amines) is 1. The fourth-order valence-electron chi connectivity index (χ4n) is 1.91. The van der Waals surface area contributed by atoms with Crippen LogP contribution in [0.25, 0.3) is 0 Å². The maximum atomic E-state index is 9.09. The van der Waals surface area contributed by atoms with Crippen LogP contribution in [0.4, 0.5) is 0 Å². The first-order valence-electron chi connectivity index (χ1n) is 4.96. The lowest BCUT2D eigenvalue weighted by molar-refractivity contribution is 0.284. The molecule has 2 heterocycles. The van der Waals surface area contributed by atoms with Gasteiger partial charge in [0.05, 0.1) is 22.2 Å². The molecule has 0 spiro atoms. The molecule has 3 nitrogen and oxygen atoms in total. The summed E-state index contributed by atoms with van der Waals surface area (Å²) in [5.41, 5.74) is 1.00. The Labute approximate surface area is 88.4 Å². The standard InChI is InChI=1S/C10H16N2OS/c1-7-9(6-13)14-10(11-7)8-3-4-12(2)5-8/h8,13H,3-6H2,1-2H3. The predicted molar refractivity (Wildman–Crippen MR) is 57.6 cm³/mol. The van der Waals surface area contributed by atoms with Gasteiger partial charge in [-0.1, -0.05) is 0 Å². The Morgan fingerprint density at radius 1 is 1.64 bits per heavy atom. The topological polar surface area (TPSA) is 36.4 Å². The zero-order valence-electron chi connectivity index (χ0n) is 8.66. The zero-order valence-corrected chi connectivity index (χ0v) is 9.47. The smallest absolute Gasteiger partial charge is 0.0976 e. The van der Waals surface area contributed by atoms with Gasteiger partial charge in [-0.05, 0) is 26.9 Å². The lowest BCUT2D eigenvalue weighted by Crippen LogP contribution is -2.13. The van der Waals surface area contributed by atoms with E-state index in [9.17, 15) is 0 Å². The van der Waals surface area contributed by atoms with E-state index in [1.54, 1.807) is 11.3 Å². The number of nitrogens with zero attached hydrogens (tertiary/aromatic N) is 2. The van der Waals surface area contributed by atoms with E-state index in [0.29, 0.717) is 5.92 Å². The van der Waals surface area contributed by atoms with Gasteiger partial charge in [0.1, 0.15) is 0 Å². The summed E-state index contributed by atoms with van der Waals surface area (Å²) in [5.74, 6) is 0.587. The Hall–Kier alpha value is -0.450. The maximum absolute atomic E-state index is 9.09. The SMILES string of the molecule is Cc1nc(C2CCN(C)C2)sc1CO. The third-order valence-electron chi connectivity index (χ3n) is 2.79. The molecule has 1 aromatic rings. The molecule has 0 amide bonds.